The molecule has 0 heterocycles. The highest BCUT2D eigenvalue weighted by molar-refractivity contribution is 8.03. The lowest BCUT2D eigenvalue weighted by atomic mass is 10.3. The average Bonchev–Trinajstić information content (AvgIpc) is 1.99. The molecule has 2 N–H and O–H groups in total. The Hall–Kier alpha value is 0.660. The molecular formula is C8H19NS2. The van der Waals surface area contributed by atoms with Crippen molar-refractivity contribution >= 4 is 23.5 Å². The van der Waals surface area contributed by atoms with Crippen molar-refractivity contribution in [3.05, 3.63) is 0 Å². The molecule has 68 valence electrons. The minimum absolute atomic E-state index is 0.748. The highest BCUT2D eigenvalue weighted by Gasteiger charge is 1.99. The van der Waals surface area contributed by atoms with Crippen molar-refractivity contribution < 1.29 is 0 Å². The molecule has 3 heteroatoms. The Morgan fingerprint density at radius 1 is 1.36 bits per heavy atom. The summed E-state index contributed by atoms with van der Waals surface area (Å²) in [6.07, 6.45) is 1.15. The van der Waals surface area contributed by atoms with Crippen LogP contribution in [0.15, 0.2) is 0 Å². The van der Waals surface area contributed by atoms with Gasteiger partial charge in [-0.25, -0.2) is 0 Å². The summed E-state index contributed by atoms with van der Waals surface area (Å²) in [5.74, 6) is 3.81. The molecule has 0 spiro atoms. The van der Waals surface area contributed by atoms with E-state index in [4.69, 9.17) is 5.73 Å². The van der Waals surface area contributed by atoms with E-state index >= 15 is 0 Å². The molecule has 0 aromatic carbocycles. The van der Waals surface area contributed by atoms with Crippen LogP contribution in [0.3, 0.4) is 0 Å². The third-order valence-corrected chi connectivity index (χ3v) is 3.81. The Kier molecular flexibility index (Phi) is 9.28. The first-order valence-corrected chi connectivity index (χ1v) is 6.41. The molecule has 1 unspecified atom stereocenters. The van der Waals surface area contributed by atoms with Crippen molar-refractivity contribution in [2.24, 2.45) is 5.73 Å². The molecule has 0 aromatic rings. The molecular weight excluding hydrogens is 174 g/mol. The summed E-state index contributed by atoms with van der Waals surface area (Å²) in [7, 11) is 0. The Bertz CT molecular complexity index is 78.5. The molecule has 0 rings (SSSR count). The Morgan fingerprint density at radius 2 is 2.09 bits per heavy atom. The number of nitrogens with two attached hydrogens (primary N) is 1. The van der Waals surface area contributed by atoms with Crippen LogP contribution in [-0.2, 0) is 0 Å². The van der Waals surface area contributed by atoms with Crippen LogP contribution in [-0.4, -0.2) is 29.1 Å². The van der Waals surface area contributed by atoms with Gasteiger partial charge in [-0.05, 0) is 18.7 Å². The van der Waals surface area contributed by atoms with Crippen LogP contribution in [0.25, 0.3) is 0 Å². The van der Waals surface area contributed by atoms with Crippen LogP contribution >= 0.6 is 23.5 Å². The van der Waals surface area contributed by atoms with Crippen molar-refractivity contribution in [2.75, 3.05) is 23.8 Å². The van der Waals surface area contributed by atoms with Gasteiger partial charge in [0.2, 0.25) is 0 Å². The molecule has 0 aliphatic heterocycles. The molecule has 1 nitrogen and oxygen atoms in total. The van der Waals surface area contributed by atoms with Crippen molar-refractivity contribution in [3.8, 4) is 0 Å². The quantitative estimate of drug-likeness (QED) is 0.628. The molecule has 0 radical (unpaired) electrons. The smallest absolute Gasteiger partial charge is 0.00310 e. The Balaban J connectivity index is 2.97. The van der Waals surface area contributed by atoms with E-state index in [1.807, 2.05) is 23.5 Å². The summed E-state index contributed by atoms with van der Waals surface area (Å²) >= 11 is 4.06. The zero-order valence-corrected chi connectivity index (χ0v) is 9.14. The van der Waals surface area contributed by atoms with Gasteiger partial charge in [0.05, 0.1) is 0 Å². The van der Waals surface area contributed by atoms with Crippen LogP contribution in [0, 0.1) is 0 Å². The summed E-state index contributed by atoms with van der Waals surface area (Å²) in [5, 5.41) is 0.748. The Morgan fingerprint density at radius 3 is 2.64 bits per heavy atom. The van der Waals surface area contributed by atoms with E-state index in [1.165, 1.54) is 17.3 Å². The zero-order valence-electron chi connectivity index (χ0n) is 7.51. The maximum atomic E-state index is 5.44. The second-order valence-corrected chi connectivity index (χ2v) is 5.40. The lowest BCUT2D eigenvalue weighted by Gasteiger charge is -2.08. The fourth-order valence-electron chi connectivity index (χ4n) is 0.771. The van der Waals surface area contributed by atoms with Gasteiger partial charge in [0.15, 0.2) is 0 Å². The van der Waals surface area contributed by atoms with Gasteiger partial charge in [-0.15, -0.1) is 0 Å². The predicted molar refractivity (Wildman–Crippen MR) is 58.6 cm³/mol. The van der Waals surface area contributed by atoms with Crippen LogP contribution in [0.4, 0.5) is 0 Å². The number of hydrogen-bond donors (Lipinski definition) is 1. The van der Waals surface area contributed by atoms with Crippen molar-refractivity contribution in [1.82, 2.24) is 0 Å². The maximum absolute atomic E-state index is 5.44. The minimum Gasteiger partial charge on any atom is -0.330 e. The van der Waals surface area contributed by atoms with Gasteiger partial charge in [0.25, 0.3) is 0 Å². The molecule has 0 aliphatic carbocycles. The number of rotatable bonds is 7. The van der Waals surface area contributed by atoms with E-state index in [-0.39, 0.29) is 0 Å². The van der Waals surface area contributed by atoms with E-state index in [1.54, 1.807) is 0 Å². The van der Waals surface area contributed by atoms with Crippen molar-refractivity contribution in [3.63, 3.8) is 0 Å². The van der Waals surface area contributed by atoms with E-state index in [2.05, 4.69) is 13.8 Å². The van der Waals surface area contributed by atoms with Gasteiger partial charge in [-0.3, -0.25) is 0 Å². The summed E-state index contributed by atoms with van der Waals surface area (Å²) in [5.41, 5.74) is 5.44. The summed E-state index contributed by atoms with van der Waals surface area (Å²) < 4.78 is 0. The highest BCUT2D eigenvalue weighted by atomic mass is 32.2. The third kappa shape index (κ3) is 8.57. The van der Waals surface area contributed by atoms with E-state index < -0.39 is 0 Å². The second-order valence-electron chi connectivity index (χ2n) is 2.46. The van der Waals surface area contributed by atoms with Gasteiger partial charge in [-0.1, -0.05) is 13.8 Å². The lowest BCUT2D eigenvalue weighted by molar-refractivity contribution is 0.823. The molecule has 1 atom stereocenters. The largest absolute Gasteiger partial charge is 0.330 e. The number of hydrogen-bond acceptors (Lipinski definition) is 3. The predicted octanol–water partition coefficient (Wildman–Crippen LogP) is 2.21. The topological polar surface area (TPSA) is 26.0 Å². The molecule has 0 amide bonds. The molecule has 0 saturated heterocycles. The van der Waals surface area contributed by atoms with E-state index in [0.717, 1.165) is 18.2 Å². The number of thioether (sulfide) groups is 2. The summed E-state index contributed by atoms with van der Waals surface area (Å²) in [6, 6.07) is 0. The van der Waals surface area contributed by atoms with E-state index in [9.17, 15) is 0 Å². The monoisotopic (exact) mass is 193 g/mol. The van der Waals surface area contributed by atoms with Gasteiger partial charge in [0.1, 0.15) is 0 Å². The summed E-state index contributed by atoms with van der Waals surface area (Å²) in [6.45, 7) is 5.29. The first-order valence-electron chi connectivity index (χ1n) is 4.20. The highest BCUT2D eigenvalue weighted by Crippen LogP contribution is 2.14. The van der Waals surface area contributed by atoms with Crippen LogP contribution < -0.4 is 5.73 Å². The fourth-order valence-corrected chi connectivity index (χ4v) is 2.62. The molecule has 0 aromatic heterocycles. The standard InChI is InChI=1S/C8H19NS2/c1-3-10-6-7-11-8(2)4-5-9/h8H,3-7,9H2,1-2H3. The van der Waals surface area contributed by atoms with Gasteiger partial charge in [-0.2, -0.15) is 23.5 Å². The SMILES string of the molecule is CCSCCSC(C)CCN. The average molecular weight is 193 g/mol. The minimum atomic E-state index is 0.748. The van der Waals surface area contributed by atoms with E-state index in [0.29, 0.717) is 0 Å². The van der Waals surface area contributed by atoms with Gasteiger partial charge in [0, 0.05) is 16.8 Å². The Labute approximate surface area is 78.9 Å². The molecule has 0 aliphatic rings. The second kappa shape index (κ2) is 8.75. The fraction of sp³-hybridized carbons (Fsp3) is 1.00. The summed E-state index contributed by atoms with van der Waals surface area (Å²) in [4.78, 5) is 0. The lowest BCUT2D eigenvalue weighted by Crippen LogP contribution is -2.07. The normalized spacial score (nSPS) is 13.4. The molecule has 0 bridgehead atoms. The van der Waals surface area contributed by atoms with Gasteiger partial charge >= 0.3 is 0 Å². The maximum Gasteiger partial charge on any atom is 0.00310 e. The first kappa shape index (κ1) is 11.7. The molecule has 0 fully saturated rings. The third-order valence-electron chi connectivity index (χ3n) is 1.41. The van der Waals surface area contributed by atoms with Crippen molar-refractivity contribution in [2.45, 2.75) is 25.5 Å². The molecule has 0 saturated carbocycles. The van der Waals surface area contributed by atoms with Crippen LogP contribution in [0.5, 0.6) is 0 Å². The van der Waals surface area contributed by atoms with Crippen LogP contribution in [0.2, 0.25) is 0 Å². The zero-order chi connectivity index (χ0) is 8.53. The van der Waals surface area contributed by atoms with Gasteiger partial charge < -0.3 is 5.73 Å². The molecule has 11 heavy (non-hydrogen) atoms. The van der Waals surface area contributed by atoms with Crippen molar-refractivity contribution in [1.29, 1.82) is 0 Å². The first-order chi connectivity index (χ1) is 5.31. The van der Waals surface area contributed by atoms with Crippen LogP contribution in [0.1, 0.15) is 20.3 Å².